The van der Waals surface area contributed by atoms with Crippen LogP contribution in [0.25, 0.3) is 0 Å². The summed E-state index contributed by atoms with van der Waals surface area (Å²) in [6.45, 7) is 11.4. The quantitative estimate of drug-likeness (QED) is 0.868. The van der Waals surface area contributed by atoms with Crippen molar-refractivity contribution in [2.45, 2.75) is 39.8 Å². The number of pyridine rings is 1. The molecule has 18 heavy (non-hydrogen) atoms. The Labute approximate surface area is 109 Å². The molecule has 2 heterocycles. The van der Waals surface area contributed by atoms with Crippen molar-refractivity contribution in [2.75, 3.05) is 24.7 Å². The van der Waals surface area contributed by atoms with Crippen LogP contribution in [0, 0.1) is 13.8 Å². The van der Waals surface area contributed by atoms with Crippen LogP contribution in [0.1, 0.15) is 30.7 Å². The highest BCUT2D eigenvalue weighted by molar-refractivity contribution is 5.53. The molecule has 1 aliphatic rings. The molecular formula is C14H23N3O. The molecule has 0 bridgehead atoms. The largest absolute Gasteiger partial charge is 0.377 e. The number of morpholine rings is 1. The summed E-state index contributed by atoms with van der Waals surface area (Å²) in [5.41, 5.74) is 9.28. The third-order valence-corrected chi connectivity index (χ3v) is 3.56. The maximum atomic E-state index is 5.90. The number of nitrogens with zero attached hydrogens (tertiary/aromatic N) is 2. The zero-order valence-electron chi connectivity index (χ0n) is 11.8. The molecule has 100 valence electrons. The van der Waals surface area contributed by atoms with E-state index in [1.165, 1.54) is 5.56 Å². The summed E-state index contributed by atoms with van der Waals surface area (Å²) >= 11 is 0. The lowest BCUT2D eigenvalue weighted by atomic mass is 10.00. The number of ether oxygens (including phenoxy) is 1. The number of aryl methyl sites for hydroxylation is 2. The molecule has 0 spiro atoms. The molecule has 4 heteroatoms. The minimum atomic E-state index is -0.0323. The van der Waals surface area contributed by atoms with Crippen molar-refractivity contribution < 1.29 is 4.74 Å². The Kier molecular flexibility index (Phi) is 3.59. The Morgan fingerprint density at radius 2 is 2.17 bits per heavy atom. The molecule has 4 nitrogen and oxygen atoms in total. The van der Waals surface area contributed by atoms with Gasteiger partial charge in [0.1, 0.15) is 5.82 Å². The molecule has 0 radical (unpaired) electrons. The normalized spacial score (nSPS) is 19.1. The van der Waals surface area contributed by atoms with Gasteiger partial charge in [0.15, 0.2) is 0 Å². The number of nitrogens with two attached hydrogens (primary N) is 1. The van der Waals surface area contributed by atoms with Gasteiger partial charge >= 0.3 is 0 Å². The van der Waals surface area contributed by atoms with Gasteiger partial charge in [-0.15, -0.1) is 0 Å². The fourth-order valence-corrected chi connectivity index (χ4v) is 2.57. The number of anilines is 1. The second kappa shape index (κ2) is 4.86. The lowest BCUT2D eigenvalue weighted by Gasteiger charge is -2.44. The van der Waals surface area contributed by atoms with Gasteiger partial charge in [0, 0.05) is 24.3 Å². The van der Waals surface area contributed by atoms with Crippen LogP contribution < -0.4 is 10.6 Å². The van der Waals surface area contributed by atoms with Crippen LogP contribution >= 0.6 is 0 Å². The van der Waals surface area contributed by atoms with Crippen molar-refractivity contribution in [1.82, 2.24) is 4.98 Å². The molecule has 0 atom stereocenters. The summed E-state index contributed by atoms with van der Waals surface area (Å²) in [6, 6.07) is 2.10. The Balaban J connectivity index is 2.49. The van der Waals surface area contributed by atoms with E-state index in [0.717, 1.165) is 36.8 Å². The Hall–Kier alpha value is -1.13. The van der Waals surface area contributed by atoms with Crippen LogP contribution in [0.15, 0.2) is 6.07 Å². The van der Waals surface area contributed by atoms with Crippen LogP contribution in [-0.2, 0) is 11.3 Å². The van der Waals surface area contributed by atoms with Crippen LogP contribution in [0.4, 0.5) is 5.82 Å². The second-order valence-electron chi connectivity index (χ2n) is 5.60. The summed E-state index contributed by atoms with van der Waals surface area (Å²) in [6.07, 6.45) is 0. The van der Waals surface area contributed by atoms with Crippen molar-refractivity contribution >= 4 is 5.82 Å². The topological polar surface area (TPSA) is 51.4 Å². The van der Waals surface area contributed by atoms with Crippen LogP contribution in [0.3, 0.4) is 0 Å². The minimum absolute atomic E-state index is 0.0323. The average molecular weight is 249 g/mol. The lowest BCUT2D eigenvalue weighted by molar-refractivity contribution is 0.0638. The fraction of sp³-hybridized carbons (Fsp3) is 0.643. The van der Waals surface area contributed by atoms with Gasteiger partial charge in [0.05, 0.1) is 18.8 Å². The zero-order chi connectivity index (χ0) is 13.3. The van der Waals surface area contributed by atoms with E-state index in [1.54, 1.807) is 0 Å². The predicted molar refractivity (Wildman–Crippen MR) is 73.8 cm³/mol. The molecule has 0 saturated carbocycles. The molecular weight excluding hydrogens is 226 g/mol. The highest BCUT2D eigenvalue weighted by Crippen LogP contribution is 2.30. The van der Waals surface area contributed by atoms with Crippen molar-refractivity contribution in [3.8, 4) is 0 Å². The Morgan fingerprint density at radius 1 is 1.44 bits per heavy atom. The van der Waals surface area contributed by atoms with Crippen molar-refractivity contribution in [1.29, 1.82) is 0 Å². The van der Waals surface area contributed by atoms with Crippen molar-refractivity contribution in [3.05, 3.63) is 22.9 Å². The van der Waals surface area contributed by atoms with Gasteiger partial charge < -0.3 is 15.4 Å². The van der Waals surface area contributed by atoms with E-state index >= 15 is 0 Å². The summed E-state index contributed by atoms with van der Waals surface area (Å²) in [5, 5.41) is 0. The molecule has 0 unspecified atom stereocenters. The molecule has 0 amide bonds. The first kappa shape index (κ1) is 13.3. The van der Waals surface area contributed by atoms with Crippen molar-refractivity contribution in [2.24, 2.45) is 5.73 Å². The van der Waals surface area contributed by atoms with E-state index in [1.807, 2.05) is 6.92 Å². The van der Waals surface area contributed by atoms with Crippen LogP contribution in [-0.4, -0.2) is 30.3 Å². The van der Waals surface area contributed by atoms with Crippen molar-refractivity contribution in [3.63, 3.8) is 0 Å². The fourth-order valence-electron chi connectivity index (χ4n) is 2.57. The van der Waals surface area contributed by atoms with Gasteiger partial charge in [0.2, 0.25) is 0 Å². The summed E-state index contributed by atoms with van der Waals surface area (Å²) in [4.78, 5) is 7.05. The van der Waals surface area contributed by atoms with E-state index < -0.39 is 0 Å². The molecule has 1 saturated heterocycles. The van der Waals surface area contributed by atoms with E-state index in [2.05, 4.69) is 31.7 Å². The maximum absolute atomic E-state index is 5.90. The number of hydrogen-bond acceptors (Lipinski definition) is 4. The predicted octanol–water partition coefficient (Wildman–Crippen LogP) is 1.77. The maximum Gasteiger partial charge on any atom is 0.134 e. The number of rotatable bonds is 2. The van der Waals surface area contributed by atoms with Gasteiger partial charge in [-0.2, -0.15) is 0 Å². The summed E-state index contributed by atoms with van der Waals surface area (Å²) < 4.78 is 5.57. The van der Waals surface area contributed by atoms with Gasteiger partial charge in [0.25, 0.3) is 0 Å². The molecule has 1 aliphatic heterocycles. The number of aromatic nitrogens is 1. The zero-order valence-corrected chi connectivity index (χ0v) is 11.8. The summed E-state index contributed by atoms with van der Waals surface area (Å²) in [5.74, 6) is 1.03. The molecule has 2 rings (SSSR count). The van der Waals surface area contributed by atoms with E-state index in [9.17, 15) is 0 Å². The van der Waals surface area contributed by atoms with Gasteiger partial charge in [-0.25, -0.2) is 4.98 Å². The molecule has 0 aromatic carbocycles. The highest BCUT2D eigenvalue weighted by atomic mass is 16.5. The lowest BCUT2D eigenvalue weighted by Crippen LogP contribution is -2.54. The smallest absolute Gasteiger partial charge is 0.134 e. The summed E-state index contributed by atoms with van der Waals surface area (Å²) in [7, 11) is 0. The SMILES string of the molecule is Cc1cc(C)c(CN)c(N2CCOCC2(C)C)n1. The van der Waals surface area contributed by atoms with E-state index in [0.29, 0.717) is 6.54 Å². The molecule has 1 fully saturated rings. The standard InChI is InChI=1S/C14H23N3O/c1-10-7-11(2)16-13(12(10)8-15)17-5-6-18-9-14(17,3)4/h7H,5-6,8-9,15H2,1-4H3. The van der Waals surface area contributed by atoms with Gasteiger partial charge in [-0.3, -0.25) is 0 Å². The highest BCUT2D eigenvalue weighted by Gasteiger charge is 2.33. The van der Waals surface area contributed by atoms with E-state index in [-0.39, 0.29) is 5.54 Å². The molecule has 2 N–H and O–H groups in total. The average Bonchev–Trinajstić information content (AvgIpc) is 2.27. The molecule has 0 aliphatic carbocycles. The first-order valence-corrected chi connectivity index (χ1v) is 6.48. The Bertz CT molecular complexity index is 443. The molecule has 1 aromatic heterocycles. The minimum Gasteiger partial charge on any atom is -0.377 e. The van der Waals surface area contributed by atoms with Crippen LogP contribution in [0.5, 0.6) is 0 Å². The molecule has 1 aromatic rings. The monoisotopic (exact) mass is 249 g/mol. The van der Waals surface area contributed by atoms with Crippen LogP contribution in [0.2, 0.25) is 0 Å². The van der Waals surface area contributed by atoms with E-state index in [4.69, 9.17) is 15.5 Å². The third kappa shape index (κ3) is 2.35. The Morgan fingerprint density at radius 3 is 2.78 bits per heavy atom. The van der Waals surface area contributed by atoms with Gasteiger partial charge in [-0.1, -0.05) is 0 Å². The van der Waals surface area contributed by atoms with Gasteiger partial charge in [-0.05, 0) is 39.3 Å². The first-order chi connectivity index (χ1) is 8.45. The number of hydrogen-bond donors (Lipinski definition) is 1. The first-order valence-electron chi connectivity index (χ1n) is 6.48. The second-order valence-corrected chi connectivity index (χ2v) is 5.60. The third-order valence-electron chi connectivity index (χ3n) is 3.56.